The molecular weight excluding hydrogens is 314 g/mol. The van der Waals surface area contributed by atoms with Gasteiger partial charge in [0.25, 0.3) is 5.91 Å². The minimum atomic E-state index is -0.723. The molecule has 0 aliphatic carbocycles. The third-order valence-electron chi connectivity index (χ3n) is 3.55. The van der Waals surface area contributed by atoms with Gasteiger partial charge in [0.15, 0.2) is 11.9 Å². The molecule has 0 saturated carbocycles. The molecular formula is C15H15N5O4. The third-order valence-corrected chi connectivity index (χ3v) is 3.55. The lowest BCUT2D eigenvalue weighted by atomic mass is 10.1. The number of carbonyl (C=O) groups is 3. The molecule has 2 aromatic rings. The molecule has 0 saturated heterocycles. The average molecular weight is 329 g/mol. The van der Waals surface area contributed by atoms with Gasteiger partial charge in [0.05, 0.1) is 5.69 Å². The number of hydrogen-bond donors (Lipinski definition) is 2. The number of fused-ring (bicyclic) bond motifs is 1. The summed E-state index contributed by atoms with van der Waals surface area (Å²) in [5.74, 6) is -0.328. The summed E-state index contributed by atoms with van der Waals surface area (Å²) in [4.78, 5) is 41.2. The van der Waals surface area contributed by atoms with Gasteiger partial charge in [0.1, 0.15) is 18.6 Å². The van der Waals surface area contributed by atoms with Crippen molar-refractivity contribution >= 4 is 29.2 Å². The number of aromatic amines is 1. The van der Waals surface area contributed by atoms with Crippen LogP contribution in [-0.4, -0.2) is 45.4 Å². The first kappa shape index (κ1) is 15.7. The molecule has 3 rings (SSSR count). The van der Waals surface area contributed by atoms with Gasteiger partial charge in [-0.05, 0) is 32.0 Å². The Balaban J connectivity index is 1.88. The van der Waals surface area contributed by atoms with E-state index in [-0.39, 0.29) is 24.2 Å². The van der Waals surface area contributed by atoms with Gasteiger partial charge in [-0.1, -0.05) is 0 Å². The second-order valence-electron chi connectivity index (χ2n) is 5.31. The molecule has 2 heterocycles. The van der Waals surface area contributed by atoms with E-state index in [9.17, 15) is 14.4 Å². The van der Waals surface area contributed by atoms with E-state index in [4.69, 9.17) is 4.74 Å². The Morgan fingerprint density at radius 3 is 2.88 bits per heavy atom. The summed E-state index contributed by atoms with van der Waals surface area (Å²) in [6, 6.07) is 4.79. The highest BCUT2D eigenvalue weighted by atomic mass is 16.5. The van der Waals surface area contributed by atoms with E-state index < -0.39 is 12.0 Å². The Morgan fingerprint density at radius 1 is 1.42 bits per heavy atom. The second kappa shape index (κ2) is 6.11. The van der Waals surface area contributed by atoms with Gasteiger partial charge in [-0.3, -0.25) is 24.6 Å². The van der Waals surface area contributed by atoms with E-state index in [0.717, 1.165) is 0 Å². The molecule has 0 bridgehead atoms. The molecule has 2 amide bonds. The number of nitrogens with one attached hydrogen (secondary N) is 2. The number of hydrogen-bond acceptors (Lipinski definition) is 6. The predicted molar refractivity (Wildman–Crippen MR) is 83.9 cm³/mol. The fraction of sp³-hybridized carbons (Fsp3) is 0.267. The van der Waals surface area contributed by atoms with Crippen LogP contribution in [0.15, 0.2) is 24.5 Å². The monoisotopic (exact) mass is 329 g/mol. The summed E-state index contributed by atoms with van der Waals surface area (Å²) >= 11 is 0. The Hall–Kier alpha value is -3.23. The number of Topliss-reactive ketones (excluding diaryl/α,β-unsaturated/α-hetero) is 1. The maximum absolute atomic E-state index is 12.4. The van der Waals surface area contributed by atoms with E-state index in [1.54, 1.807) is 25.1 Å². The molecule has 2 N–H and O–H groups in total. The molecule has 0 radical (unpaired) electrons. The number of ether oxygens (including phenoxy) is 1. The first-order chi connectivity index (χ1) is 11.5. The highest BCUT2D eigenvalue weighted by Crippen LogP contribution is 2.34. The Morgan fingerprint density at radius 2 is 2.21 bits per heavy atom. The number of carbonyl (C=O) groups excluding carboxylic acids is 3. The zero-order valence-electron chi connectivity index (χ0n) is 13.1. The van der Waals surface area contributed by atoms with E-state index in [1.807, 2.05) is 0 Å². The van der Waals surface area contributed by atoms with Gasteiger partial charge in [-0.15, -0.1) is 0 Å². The number of anilines is 2. The van der Waals surface area contributed by atoms with Gasteiger partial charge in [0.2, 0.25) is 11.9 Å². The van der Waals surface area contributed by atoms with E-state index in [0.29, 0.717) is 17.0 Å². The molecule has 9 heteroatoms. The molecule has 1 aromatic heterocycles. The molecule has 124 valence electrons. The summed E-state index contributed by atoms with van der Waals surface area (Å²) in [6.07, 6.45) is 0.533. The van der Waals surface area contributed by atoms with E-state index in [2.05, 4.69) is 20.5 Å². The minimum absolute atomic E-state index is 0.144. The number of H-pyrrole nitrogens is 1. The van der Waals surface area contributed by atoms with Gasteiger partial charge < -0.3 is 4.74 Å². The number of ketones is 1. The Bertz CT molecular complexity index is 802. The topological polar surface area (TPSA) is 117 Å². The standard InChI is InChI=1S/C15H15N5O4/c1-8(21)10-3-4-12-11(5-10)20(14(23)9(2)24-12)6-13(22)18-15-16-7-17-19-15/h3-5,7,9H,6H2,1-2H3,(H2,16,17,18,19,22). The fourth-order valence-corrected chi connectivity index (χ4v) is 2.37. The van der Waals surface area contributed by atoms with Gasteiger partial charge >= 0.3 is 0 Å². The largest absolute Gasteiger partial charge is 0.479 e. The van der Waals surface area contributed by atoms with Crippen molar-refractivity contribution in [1.82, 2.24) is 15.2 Å². The summed E-state index contributed by atoms with van der Waals surface area (Å²) in [5.41, 5.74) is 0.818. The minimum Gasteiger partial charge on any atom is -0.479 e. The summed E-state index contributed by atoms with van der Waals surface area (Å²) in [7, 11) is 0. The fourth-order valence-electron chi connectivity index (χ4n) is 2.37. The van der Waals surface area contributed by atoms with Crippen molar-refractivity contribution in [2.75, 3.05) is 16.8 Å². The van der Waals surface area contributed by atoms with Gasteiger partial charge in [-0.2, -0.15) is 10.1 Å². The number of nitrogens with zero attached hydrogens (tertiary/aromatic N) is 3. The summed E-state index contributed by atoms with van der Waals surface area (Å²) in [5, 5.41) is 8.63. The normalized spacial score (nSPS) is 16.3. The number of amides is 2. The van der Waals surface area contributed by atoms with Gasteiger partial charge in [-0.25, -0.2) is 5.10 Å². The van der Waals surface area contributed by atoms with Crippen molar-refractivity contribution in [2.24, 2.45) is 0 Å². The maximum Gasteiger partial charge on any atom is 0.268 e. The van der Waals surface area contributed by atoms with Crippen LogP contribution in [0.1, 0.15) is 24.2 Å². The molecule has 9 nitrogen and oxygen atoms in total. The predicted octanol–water partition coefficient (Wildman–Crippen LogP) is 0.760. The van der Waals surface area contributed by atoms with Crippen LogP contribution in [0.4, 0.5) is 11.6 Å². The van der Waals surface area contributed by atoms with Crippen molar-refractivity contribution in [2.45, 2.75) is 20.0 Å². The molecule has 1 aliphatic heterocycles. The summed E-state index contributed by atoms with van der Waals surface area (Å²) < 4.78 is 5.53. The Labute approximate surface area is 137 Å². The molecule has 1 aliphatic rings. The smallest absolute Gasteiger partial charge is 0.268 e. The van der Waals surface area contributed by atoms with Crippen LogP contribution in [0.5, 0.6) is 5.75 Å². The zero-order valence-corrected chi connectivity index (χ0v) is 13.1. The highest BCUT2D eigenvalue weighted by molar-refractivity contribution is 6.07. The number of rotatable bonds is 4. The second-order valence-corrected chi connectivity index (χ2v) is 5.31. The van der Waals surface area contributed by atoms with Crippen molar-refractivity contribution < 1.29 is 19.1 Å². The van der Waals surface area contributed by atoms with Crippen molar-refractivity contribution in [3.05, 3.63) is 30.1 Å². The molecule has 0 spiro atoms. The molecule has 1 atom stereocenters. The number of benzene rings is 1. The van der Waals surface area contributed by atoms with E-state index >= 15 is 0 Å². The number of aromatic nitrogens is 3. The third kappa shape index (κ3) is 2.96. The van der Waals surface area contributed by atoms with Crippen molar-refractivity contribution in [3.63, 3.8) is 0 Å². The van der Waals surface area contributed by atoms with Crippen LogP contribution in [-0.2, 0) is 9.59 Å². The quantitative estimate of drug-likeness (QED) is 0.800. The zero-order chi connectivity index (χ0) is 17.3. The SMILES string of the molecule is CC(=O)c1ccc2c(c1)N(CC(=O)Nc1ncn[nH]1)C(=O)C(C)O2. The average Bonchev–Trinajstić information content (AvgIpc) is 3.04. The lowest BCUT2D eigenvalue weighted by Crippen LogP contribution is -2.47. The molecule has 0 fully saturated rings. The summed E-state index contributed by atoms with van der Waals surface area (Å²) in [6.45, 7) is 2.80. The lowest BCUT2D eigenvalue weighted by molar-refractivity contribution is -0.127. The maximum atomic E-state index is 12.4. The van der Waals surface area contributed by atoms with Crippen LogP contribution in [0.25, 0.3) is 0 Å². The lowest BCUT2D eigenvalue weighted by Gasteiger charge is -2.32. The van der Waals surface area contributed by atoms with Gasteiger partial charge in [0, 0.05) is 5.56 Å². The Kier molecular flexibility index (Phi) is 3.98. The first-order valence-corrected chi connectivity index (χ1v) is 7.24. The molecule has 1 unspecified atom stereocenters. The first-order valence-electron chi connectivity index (χ1n) is 7.24. The van der Waals surface area contributed by atoms with Crippen LogP contribution >= 0.6 is 0 Å². The molecule has 1 aromatic carbocycles. The van der Waals surface area contributed by atoms with Crippen molar-refractivity contribution in [3.8, 4) is 5.75 Å². The van der Waals surface area contributed by atoms with Crippen LogP contribution in [0, 0.1) is 0 Å². The molecule has 24 heavy (non-hydrogen) atoms. The van der Waals surface area contributed by atoms with Crippen LogP contribution < -0.4 is 15.0 Å². The van der Waals surface area contributed by atoms with E-state index in [1.165, 1.54) is 18.2 Å². The van der Waals surface area contributed by atoms with Crippen LogP contribution in [0.3, 0.4) is 0 Å². The van der Waals surface area contributed by atoms with Crippen LogP contribution in [0.2, 0.25) is 0 Å². The van der Waals surface area contributed by atoms with Crippen molar-refractivity contribution in [1.29, 1.82) is 0 Å². The highest BCUT2D eigenvalue weighted by Gasteiger charge is 2.33.